The van der Waals surface area contributed by atoms with Crippen LogP contribution in [0.3, 0.4) is 0 Å². The maximum Gasteiger partial charge on any atom is 0.293 e. The first-order valence-corrected chi connectivity index (χ1v) is 8.17. The highest BCUT2D eigenvalue weighted by molar-refractivity contribution is 7.98. The van der Waals surface area contributed by atoms with Gasteiger partial charge < -0.3 is 9.88 Å². The lowest BCUT2D eigenvalue weighted by atomic mass is 10.1. The van der Waals surface area contributed by atoms with Crippen LogP contribution in [0.1, 0.15) is 40.0 Å². The van der Waals surface area contributed by atoms with Crippen LogP contribution in [0.5, 0.6) is 0 Å². The Morgan fingerprint density at radius 2 is 2.05 bits per heavy atom. The summed E-state index contributed by atoms with van der Waals surface area (Å²) in [7, 11) is 0. The average molecular weight is 283 g/mol. The van der Waals surface area contributed by atoms with Crippen molar-refractivity contribution in [2.75, 3.05) is 23.9 Å². The Kier molecular flexibility index (Phi) is 6.42. The van der Waals surface area contributed by atoms with Gasteiger partial charge in [0.05, 0.1) is 0 Å². The number of unbranched alkanes of at least 4 members (excludes halogenated alkanes) is 2. The molecule has 0 saturated carbocycles. The summed E-state index contributed by atoms with van der Waals surface area (Å²) in [5.74, 6) is 1.67. The first kappa shape index (κ1) is 16.1. The van der Waals surface area contributed by atoms with Crippen molar-refractivity contribution in [1.29, 1.82) is 0 Å². The Morgan fingerprint density at radius 1 is 1.32 bits per heavy atom. The molecule has 0 radical (unpaired) electrons. The quantitative estimate of drug-likeness (QED) is 0.782. The van der Waals surface area contributed by atoms with E-state index in [1.54, 1.807) is 17.0 Å². The van der Waals surface area contributed by atoms with Crippen molar-refractivity contribution in [3.05, 3.63) is 22.7 Å². The molecule has 0 aliphatic heterocycles. The van der Waals surface area contributed by atoms with Crippen molar-refractivity contribution < 1.29 is 0 Å². The number of nitrogens with zero attached hydrogens (tertiary/aromatic N) is 2. The number of anilines is 1. The van der Waals surface area contributed by atoms with Gasteiger partial charge >= 0.3 is 0 Å². The Balaban J connectivity index is 2.53. The molecule has 4 nitrogen and oxygen atoms in total. The Labute approximate surface area is 120 Å². The fraction of sp³-hybridized carbons (Fsp3) is 0.714. The highest BCUT2D eigenvalue weighted by atomic mass is 32.2. The van der Waals surface area contributed by atoms with Gasteiger partial charge in [0.15, 0.2) is 5.82 Å². The van der Waals surface area contributed by atoms with Crippen molar-refractivity contribution in [3.63, 3.8) is 0 Å². The fourth-order valence-electron chi connectivity index (χ4n) is 1.82. The number of hydrogen-bond donors (Lipinski definition) is 1. The van der Waals surface area contributed by atoms with E-state index in [9.17, 15) is 4.79 Å². The van der Waals surface area contributed by atoms with Gasteiger partial charge in [0.1, 0.15) is 0 Å². The Bertz CT molecular complexity index is 437. The standard InChI is InChI=1S/C14H25N3OS/c1-14(2,3)17-10-9-16-12(13(17)18)15-8-6-5-7-11-19-4/h9-10H,5-8,11H2,1-4H3,(H,15,16). The number of rotatable bonds is 7. The average Bonchev–Trinajstić information content (AvgIpc) is 2.34. The second kappa shape index (κ2) is 7.58. The molecule has 0 bridgehead atoms. The molecule has 0 aliphatic carbocycles. The lowest BCUT2D eigenvalue weighted by Crippen LogP contribution is -2.35. The van der Waals surface area contributed by atoms with Crippen LogP contribution in [-0.2, 0) is 5.54 Å². The normalized spacial score (nSPS) is 11.6. The molecule has 0 amide bonds. The van der Waals surface area contributed by atoms with Crippen LogP contribution in [0.2, 0.25) is 0 Å². The molecule has 19 heavy (non-hydrogen) atoms. The molecule has 1 N–H and O–H groups in total. The van der Waals surface area contributed by atoms with Gasteiger partial charge in [-0.1, -0.05) is 6.42 Å². The topological polar surface area (TPSA) is 46.9 Å². The zero-order valence-electron chi connectivity index (χ0n) is 12.4. The molecule has 0 unspecified atom stereocenters. The third kappa shape index (κ3) is 5.27. The molecule has 1 aromatic rings. The molecule has 0 aromatic carbocycles. The first-order chi connectivity index (χ1) is 8.96. The molecule has 108 valence electrons. The summed E-state index contributed by atoms with van der Waals surface area (Å²) in [4.78, 5) is 16.4. The molecule has 0 fully saturated rings. The van der Waals surface area contributed by atoms with Crippen LogP contribution in [0.4, 0.5) is 5.82 Å². The second-order valence-electron chi connectivity index (χ2n) is 5.60. The third-order valence-electron chi connectivity index (χ3n) is 2.88. The van der Waals surface area contributed by atoms with Crippen molar-refractivity contribution >= 4 is 17.6 Å². The largest absolute Gasteiger partial charge is 0.365 e. The predicted molar refractivity (Wildman–Crippen MR) is 84.2 cm³/mol. The van der Waals surface area contributed by atoms with E-state index in [-0.39, 0.29) is 11.1 Å². The SMILES string of the molecule is CSCCCCCNc1nccn(C(C)(C)C)c1=O. The summed E-state index contributed by atoms with van der Waals surface area (Å²) in [6.45, 7) is 6.85. The molecule has 0 saturated heterocycles. The third-order valence-corrected chi connectivity index (χ3v) is 3.58. The maximum absolute atomic E-state index is 12.2. The highest BCUT2D eigenvalue weighted by Gasteiger charge is 2.16. The van der Waals surface area contributed by atoms with Crippen LogP contribution in [0.25, 0.3) is 0 Å². The van der Waals surface area contributed by atoms with Crippen molar-refractivity contribution in [1.82, 2.24) is 9.55 Å². The monoisotopic (exact) mass is 283 g/mol. The zero-order chi connectivity index (χ0) is 14.3. The molecule has 0 aliphatic rings. The molecule has 1 aromatic heterocycles. The lowest BCUT2D eigenvalue weighted by Gasteiger charge is -2.22. The summed E-state index contributed by atoms with van der Waals surface area (Å²) in [5.41, 5.74) is -0.256. The minimum absolute atomic E-state index is 0.0425. The summed E-state index contributed by atoms with van der Waals surface area (Å²) in [6, 6.07) is 0. The molecule has 1 heterocycles. The van der Waals surface area contributed by atoms with Gasteiger partial charge in [-0.05, 0) is 45.6 Å². The van der Waals surface area contributed by atoms with Crippen LogP contribution >= 0.6 is 11.8 Å². The summed E-state index contributed by atoms with van der Waals surface area (Å²) in [6.07, 6.45) is 9.05. The van der Waals surface area contributed by atoms with Crippen molar-refractivity contribution in [3.8, 4) is 0 Å². The number of nitrogens with one attached hydrogen (secondary N) is 1. The van der Waals surface area contributed by atoms with E-state index in [0.29, 0.717) is 5.82 Å². The van der Waals surface area contributed by atoms with Gasteiger partial charge in [-0.25, -0.2) is 4.98 Å². The number of thioether (sulfide) groups is 1. The van der Waals surface area contributed by atoms with Gasteiger partial charge in [0.25, 0.3) is 5.56 Å². The molecule has 0 spiro atoms. The van der Waals surface area contributed by atoms with Gasteiger partial charge in [-0.2, -0.15) is 11.8 Å². The van der Waals surface area contributed by atoms with Crippen molar-refractivity contribution in [2.24, 2.45) is 0 Å². The van der Waals surface area contributed by atoms with E-state index < -0.39 is 0 Å². The van der Waals surface area contributed by atoms with E-state index in [1.807, 2.05) is 32.5 Å². The highest BCUT2D eigenvalue weighted by Crippen LogP contribution is 2.10. The Morgan fingerprint density at radius 3 is 2.68 bits per heavy atom. The minimum atomic E-state index is -0.213. The van der Waals surface area contributed by atoms with E-state index >= 15 is 0 Å². The van der Waals surface area contributed by atoms with Gasteiger partial charge in [-0.3, -0.25) is 4.79 Å². The Hall–Kier alpha value is -0.970. The van der Waals surface area contributed by atoms with Crippen LogP contribution in [0.15, 0.2) is 17.2 Å². The molecular formula is C14H25N3OS. The fourth-order valence-corrected chi connectivity index (χ4v) is 2.31. The summed E-state index contributed by atoms with van der Waals surface area (Å²) in [5, 5.41) is 3.15. The second-order valence-corrected chi connectivity index (χ2v) is 6.59. The molecule has 0 atom stereocenters. The molecule has 1 rings (SSSR count). The molecule has 5 heteroatoms. The van der Waals surface area contributed by atoms with Gasteiger partial charge in [-0.15, -0.1) is 0 Å². The van der Waals surface area contributed by atoms with E-state index in [1.165, 1.54) is 18.6 Å². The van der Waals surface area contributed by atoms with Crippen molar-refractivity contribution in [2.45, 2.75) is 45.6 Å². The van der Waals surface area contributed by atoms with Gasteiger partial charge in [0.2, 0.25) is 0 Å². The van der Waals surface area contributed by atoms with Gasteiger partial charge in [0, 0.05) is 24.5 Å². The lowest BCUT2D eigenvalue weighted by molar-refractivity contribution is 0.383. The summed E-state index contributed by atoms with van der Waals surface area (Å²) >= 11 is 1.88. The van der Waals surface area contributed by atoms with Crippen LogP contribution in [0, 0.1) is 0 Å². The number of hydrogen-bond acceptors (Lipinski definition) is 4. The maximum atomic E-state index is 12.2. The van der Waals surface area contributed by atoms with E-state index in [0.717, 1.165) is 13.0 Å². The summed E-state index contributed by atoms with van der Waals surface area (Å²) < 4.78 is 1.72. The molecular weight excluding hydrogens is 258 g/mol. The predicted octanol–water partition coefficient (Wildman–Crippen LogP) is 2.94. The smallest absolute Gasteiger partial charge is 0.293 e. The first-order valence-electron chi connectivity index (χ1n) is 6.78. The van der Waals surface area contributed by atoms with Crippen LogP contribution < -0.4 is 10.9 Å². The van der Waals surface area contributed by atoms with E-state index in [2.05, 4.69) is 16.6 Å². The minimum Gasteiger partial charge on any atom is -0.365 e. The van der Waals surface area contributed by atoms with Crippen LogP contribution in [-0.4, -0.2) is 28.1 Å². The number of aromatic nitrogens is 2. The van der Waals surface area contributed by atoms with E-state index in [4.69, 9.17) is 0 Å². The zero-order valence-corrected chi connectivity index (χ0v) is 13.2.